The van der Waals surface area contributed by atoms with E-state index < -0.39 is 5.41 Å². The molecule has 7 aromatic carbocycles. The molecule has 4 nitrogen and oxygen atoms in total. The fourth-order valence-electron chi connectivity index (χ4n) is 8.04. The number of nitrogen functional groups attached to an aromatic ring is 1. The Bertz CT molecular complexity index is 2500. The highest BCUT2D eigenvalue weighted by Crippen LogP contribution is 2.63. The minimum Gasteiger partial charge on any atom is -0.457 e. The number of ether oxygens (including phenoxy) is 1. The molecule has 2 aliphatic rings. The number of nitrogens with zero attached hydrogens (tertiary/aromatic N) is 2. The second-order valence-corrected chi connectivity index (χ2v) is 12.5. The van der Waals surface area contributed by atoms with Crippen molar-refractivity contribution in [2.24, 2.45) is 0 Å². The Balaban J connectivity index is 1.35. The van der Waals surface area contributed by atoms with Crippen LogP contribution in [0.15, 0.2) is 164 Å². The fraction of sp³-hybridized carbons (Fsp3) is 0.0227. The number of hydrogen-bond acceptors (Lipinski definition) is 3. The molecule has 0 saturated carbocycles. The first-order chi connectivity index (χ1) is 23.7. The van der Waals surface area contributed by atoms with Gasteiger partial charge >= 0.3 is 0 Å². The normalized spacial score (nSPS) is 13.4. The molecule has 1 aliphatic heterocycles. The van der Waals surface area contributed by atoms with Gasteiger partial charge in [-0.05, 0) is 88.0 Å². The lowest BCUT2D eigenvalue weighted by molar-refractivity contribution is 0.436. The molecule has 1 aliphatic carbocycles. The Hall–Kier alpha value is -6.39. The van der Waals surface area contributed by atoms with Crippen molar-refractivity contribution in [2.45, 2.75) is 5.41 Å². The van der Waals surface area contributed by atoms with Crippen molar-refractivity contribution < 1.29 is 4.74 Å². The summed E-state index contributed by atoms with van der Waals surface area (Å²) in [4.78, 5) is 5.35. The maximum Gasteiger partial charge on any atom is 0.146 e. The molecule has 1 aromatic heterocycles. The van der Waals surface area contributed by atoms with Crippen LogP contribution in [-0.4, -0.2) is 9.55 Å². The number of imidazole rings is 1. The number of fused-ring (bicyclic) bond motifs is 10. The molecule has 0 radical (unpaired) electrons. The third kappa shape index (κ3) is 3.63. The highest BCUT2D eigenvalue weighted by atomic mass is 16.5. The number of rotatable bonds is 3. The highest BCUT2D eigenvalue weighted by Gasteiger charge is 2.51. The van der Waals surface area contributed by atoms with Crippen LogP contribution in [0.1, 0.15) is 22.3 Å². The standard InChI is InChI=1S/C44H29N3O/c45-30-24-21-28(22-25-30)29-23-26-34-33(27-29)42-32(43-46-38-17-6-7-18-39(38)47(43)31-11-2-1-3-12-31)13-10-16-37(42)44(34)35-14-4-8-19-40(35)48-41-20-9-5-15-36(41)44/h1-27H,45H2. The summed E-state index contributed by atoms with van der Waals surface area (Å²) in [6.07, 6.45) is 0. The van der Waals surface area contributed by atoms with Crippen molar-refractivity contribution in [1.29, 1.82) is 0 Å². The molecule has 226 valence electrons. The largest absolute Gasteiger partial charge is 0.457 e. The molecular weight excluding hydrogens is 587 g/mol. The zero-order valence-corrected chi connectivity index (χ0v) is 26.0. The molecular formula is C44H29N3O. The first-order valence-electron chi connectivity index (χ1n) is 16.3. The third-order valence-corrected chi connectivity index (χ3v) is 10.0. The zero-order chi connectivity index (χ0) is 31.8. The summed E-state index contributed by atoms with van der Waals surface area (Å²) in [5.74, 6) is 2.66. The Kier molecular flexibility index (Phi) is 5.61. The van der Waals surface area contributed by atoms with Gasteiger partial charge in [-0.3, -0.25) is 4.57 Å². The van der Waals surface area contributed by atoms with E-state index >= 15 is 0 Å². The zero-order valence-electron chi connectivity index (χ0n) is 26.0. The molecule has 0 fully saturated rings. The van der Waals surface area contributed by atoms with Crippen molar-refractivity contribution in [3.8, 4) is 50.8 Å². The van der Waals surface area contributed by atoms with Crippen molar-refractivity contribution >= 4 is 16.7 Å². The molecule has 1 spiro atoms. The Morgan fingerprint density at radius 1 is 0.521 bits per heavy atom. The van der Waals surface area contributed by atoms with Crippen LogP contribution in [0.25, 0.3) is 50.4 Å². The van der Waals surface area contributed by atoms with E-state index in [1.165, 1.54) is 22.3 Å². The van der Waals surface area contributed by atoms with E-state index in [9.17, 15) is 0 Å². The van der Waals surface area contributed by atoms with E-state index in [2.05, 4.69) is 156 Å². The molecule has 48 heavy (non-hydrogen) atoms. The molecule has 10 rings (SSSR count). The van der Waals surface area contributed by atoms with Crippen molar-refractivity contribution in [1.82, 2.24) is 9.55 Å². The summed E-state index contributed by atoms with van der Waals surface area (Å²) in [6.45, 7) is 0. The second-order valence-electron chi connectivity index (χ2n) is 12.5. The monoisotopic (exact) mass is 615 g/mol. The number of anilines is 1. The maximum absolute atomic E-state index is 6.60. The third-order valence-electron chi connectivity index (χ3n) is 10.0. The smallest absolute Gasteiger partial charge is 0.146 e. The molecule has 0 atom stereocenters. The van der Waals surface area contributed by atoms with Gasteiger partial charge in [-0.15, -0.1) is 0 Å². The van der Waals surface area contributed by atoms with Crippen LogP contribution in [0, 0.1) is 0 Å². The van der Waals surface area contributed by atoms with E-state index in [-0.39, 0.29) is 0 Å². The van der Waals surface area contributed by atoms with Gasteiger partial charge in [0.1, 0.15) is 17.3 Å². The molecule has 0 unspecified atom stereocenters. The van der Waals surface area contributed by atoms with Crippen LogP contribution >= 0.6 is 0 Å². The fourth-order valence-corrected chi connectivity index (χ4v) is 8.04. The lowest BCUT2D eigenvalue weighted by atomic mass is 9.66. The van der Waals surface area contributed by atoms with E-state index in [0.717, 1.165) is 67.5 Å². The van der Waals surface area contributed by atoms with Gasteiger partial charge in [0.2, 0.25) is 0 Å². The molecule has 0 amide bonds. The van der Waals surface area contributed by atoms with Gasteiger partial charge in [0.05, 0.1) is 16.4 Å². The Morgan fingerprint density at radius 2 is 1.17 bits per heavy atom. The van der Waals surface area contributed by atoms with Crippen LogP contribution in [0.5, 0.6) is 11.5 Å². The molecule has 0 bridgehead atoms. The van der Waals surface area contributed by atoms with Crippen molar-refractivity contribution in [3.05, 3.63) is 186 Å². The first-order valence-corrected chi connectivity index (χ1v) is 16.3. The van der Waals surface area contributed by atoms with E-state index in [0.29, 0.717) is 0 Å². The van der Waals surface area contributed by atoms with Gasteiger partial charge in [0.25, 0.3) is 0 Å². The van der Waals surface area contributed by atoms with Crippen LogP contribution in [-0.2, 0) is 5.41 Å². The average molecular weight is 616 g/mol. The van der Waals surface area contributed by atoms with Gasteiger partial charge in [0.15, 0.2) is 0 Å². The van der Waals surface area contributed by atoms with Crippen molar-refractivity contribution in [3.63, 3.8) is 0 Å². The van der Waals surface area contributed by atoms with Crippen LogP contribution < -0.4 is 10.5 Å². The van der Waals surface area contributed by atoms with E-state index in [1.54, 1.807) is 0 Å². The summed E-state index contributed by atoms with van der Waals surface area (Å²) in [5.41, 5.74) is 19.8. The molecule has 4 heteroatoms. The summed E-state index contributed by atoms with van der Waals surface area (Å²) in [6, 6.07) is 57.7. The van der Waals surface area contributed by atoms with Crippen LogP contribution in [0.2, 0.25) is 0 Å². The van der Waals surface area contributed by atoms with Gasteiger partial charge in [-0.25, -0.2) is 4.98 Å². The van der Waals surface area contributed by atoms with Crippen LogP contribution in [0.3, 0.4) is 0 Å². The maximum atomic E-state index is 6.60. The predicted molar refractivity (Wildman–Crippen MR) is 194 cm³/mol. The number of hydrogen-bond donors (Lipinski definition) is 1. The molecule has 0 saturated heterocycles. The molecule has 2 N–H and O–H groups in total. The van der Waals surface area contributed by atoms with Gasteiger partial charge < -0.3 is 10.5 Å². The highest BCUT2D eigenvalue weighted by molar-refractivity contribution is 5.98. The Labute approximate surface area is 278 Å². The average Bonchev–Trinajstić information content (AvgIpc) is 3.67. The Morgan fingerprint density at radius 3 is 1.94 bits per heavy atom. The second kappa shape index (κ2) is 10.1. The number of aromatic nitrogens is 2. The lowest BCUT2D eigenvalue weighted by Crippen LogP contribution is -2.32. The topological polar surface area (TPSA) is 53.1 Å². The summed E-state index contributed by atoms with van der Waals surface area (Å²) >= 11 is 0. The predicted octanol–water partition coefficient (Wildman–Crippen LogP) is 10.4. The van der Waals surface area contributed by atoms with Gasteiger partial charge in [-0.2, -0.15) is 0 Å². The molecule has 8 aromatic rings. The van der Waals surface area contributed by atoms with Crippen LogP contribution in [0.4, 0.5) is 5.69 Å². The van der Waals surface area contributed by atoms with E-state index in [1.807, 2.05) is 12.1 Å². The lowest BCUT2D eigenvalue weighted by Gasteiger charge is -2.39. The van der Waals surface area contributed by atoms with Gasteiger partial charge in [-0.1, -0.05) is 109 Å². The minimum atomic E-state index is -0.588. The van der Waals surface area contributed by atoms with Gasteiger partial charge in [0, 0.05) is 28.1 Å². The minimum absolute atomic E-state index is 0.588. The van der Waals surface area contributed by atoms with Crippen molar-refractivity contribution in [2.75, 3.05) is 5.73 Å². The summed E-state index contributed by atoms with van der Waals surface area (Å²) in [5, 5.41) is 0. The SMILES string of the molecule is Nc1ccc(-c2ccc3c(c2)-c2c(-c4nc5ccccc5n4-c4ccccc4)cccc2C32c3ccccc3Oc3ccccc32)cc1. The quantitative estimate of drug-likeness (QED) is 0.201. The van der Waals surface area contributed by atoms with E-state index in [4.69, 9.17) is 15.5 Å². The number of para-hydroxylation sites is 5. The number of nitrogens with two attached hydrogens (primary N) is 1. The summed E-state index contributed by atoms with van der Waals surface area (Å²) < 4.78 is 8.90. The number of benzene rings is 7. The summed E-state index contributed by atoms with van der Waals surface area (Å²) in [7, 11) is 0. The molecule has 2 heterocycles. The first kappa shape index (κ1) is 26.8.